The van der Waals surface area contributed by atoms with Crippen LogP contribution in [0.4, 0.5) is 0 Å². The van der Waals surface area contributed by atoms with Crippen LogP contribution in [0.1, 0.15) is 31.1 Å². The molecule has 0 bridgehead atoms. The number of thiazole rings is 1. The molecule has 0 fully saturated rings. The molecule has 2 aromatic carbocycles. The molecule has 0 aliphatic heterocycles. The van der Waals surface area contributed by atoms with Crippen molar-refractivity contribution in [1.82, 2.24) is 4.57 Å². The summed E-state index contributed by atoms with van der Waals surface area (Å²) in [6.45, 7) is 4.98. The van der Waals surface area contributed by atoms with E-state index in [9.17, 15) is 18.0 Å². The molecule has 0 aliphatic rings. The molecule has 1 amide bonds. The number of carbonyl (C=O) groups is 2. The largest absolute Gasteiger partial charge is 0.465 e. The van der Waals surface area contributed by atoms with Gasteiger partial charge >= 0.3 is 5.97 Å². The molecule has 0 saturated carbocycles. The fraction of sp³-hybridized carbons (Fsp3) is 0.286. The van der Waals surface area contributed by atoms with Crippen LogP contribution in [0.2, 0.25) is 5.02 Å². The second-order valence-corrected chi connectivity index (χ2v) is 10.9. The number of aromatic nitrogens is 1. The van der Waals surface area contributed by atoms with Crippen LogP contribution in [-0.2, 0) is 25.9 Å². The molecule has 1 aromatic heterocycles. The van der Waals surface area contributed by atoms with Crippen LogP contribution in [0.3, 0.4) is 0 Å². The van der Waals surface area contributed by atoms with E-state index >= 15 is 0 Å². The molecule has 0 radical (unpaired) electrons. The average molecular weight is 481 g/mol. The molecule has 0 aliphatic carbocycles. The van der Waals surface area contributed by atoms with E-state index in [-0.39, 0.29) is 28.4 Å². The van der Waals surface area contributed by atoms with Crippen molar-refractivity contribution in [1.29, 1.82) is 0 Å². The normalized spacial score (nSPS) is 12.5. The standard InChI is InChI=1S/C21H21ClN2O5S2/c1-4-29-19(25)12-24-17-9-8-15(22)11-18(17)30-21(24)23-20(26)14-6-5-7-16(10-14)31(27,28)13(2)3/h5-11,13H,4,12H2,1-3H3. The molecule has 1 heterocycles. The zero-order valence-electron chi connectivity index (χ0n) is 17.2. The number of halogens is 1. The SMILES string of the molecule is CCOC(=O)Cn1c(=NC(=O)c2cccc(S(=O)(=O)C(C)C)c2)sc2cc(Cl)ccc21. The first-order chi connectivity index (χ1) is 14.6. The Morgan fingerprint density at radius 1 is 1.19 bits per heavy atom. The third-order valence-corrected chi connectivity index (χ3v) is 7.89. The average Bonchev–Trinajstić information content (AvgIpc) is 3.04. The lowest BCUT2D eigenvalue weighted by molar-refractivity contribution is -0.143. The van der Waals surface area contributed by atoms with Crippen molar-refractivity contribution in [3.05, 3.63) is 57.9 Å². The molecular formula is C21H21ClN2O5S2. The van der Waals surface area contributed by atoms with E-state index in [1.165, 1.54) is 35.6 Å². The van der Waals surface area contributed by atoms with Gasteiger partial charge < -0.3 is 9.30 Å². The zero-order valence-corrected chi connectivity index (χ0v) is 19.6. The van der Waals surface area contributed by atoms with Gasteiger partial charge in [-0.2, -0.15) is 4.99 Å². The van der Waals surface area contributed by atoms with Crippen molar-refractivity contribution in [2.24, 2.45) is 4.99 Å². The van der Waals surface area contributed by atoms with E-state index in [0.717, 1.165) is 4.70 Å². The van der Waals surface area contributed by atoms with Crippen LogP contribution >= 0.6 is 22.9 Å². The van der Waals surface area contributed by atoms with Crippen LogP contribution in [0.5, 0.6) is 0 Å². The van der Waals surface area contributed by atoms with Crippen LogP contribution < -0.4 is 4.80 Å². The van der Waals surface area contributed by atoms with Crippen LogP contribution in [-0.4, -0.2) is 36.7 Å². The van der Waals surface area contributed by atoms with Crippen LogP contribution in [0, 0.1) is 0 Å². The first-order valence-corrected chi connectivity index (χ1v) is 12.2. The number of hydrogen-bond acceptors (Lipinski definition) is 6. The molecule has 0 saturated heterocycles. The molecule has 10 heteroatoms. The Morgan fingerprint density at radius 3 is 2.61 bits per heavy atom. The van der Waals surface area contributed by atoms with Gasteiger partial charge in [-0.3, -0.25) is 9.59 Å². The Hall–Kier alpha value is -2.49. The molecular weight excluding hydrogens is 460 g/mol. The Morgan fingerprint density at radius 2 is 1.94 bits per heavy atom. The van der Waals surface area contributed by atoms with Gasteiger partial charge in [0.2, 0.25) is 0 Å². The maximum absolute atomic E-state index is 12.9. The zero-order chi connectivity index (χ0) is 22.8. The molecule has 0 unspecified atom stereocenters. The molecule has 3 rings (SSSR count). The quantitative estimate of drug-likeness (QED) is 0.499. The second kappa shape index (κ2) is 9.33. The summed E-state index contributed by atoms with van der Waals surface area (Å²) in [7, 11) is -3.53. The Balaban J connectivity index is 2.10. The van der Waals surface area contributed by atoms with Gasteiger partial charge in [0, 0.05) is 10.6 Å². The Bertz CT molecular complexity index is 1320. The Labute approximate surface area is 188 Å². The van der Waals surface area contributed by atoms with E-state index in [0.29, 0.717) is 10.5 Å². The van der Waals surface area contributed by atoms with Crippen LogP contribution in [0.25, 0.3) is 10.2 Å². The fourth-order valence-corrected chi connectivity index (χ4v) is 5.26. The molecule has 7 nitrogen and oxygen atoms in total. The minimum Gasteiger partial charge on any atom is -0.465 e. The predicted molar refractivity (Wildman–Crippen MR) is 120 cm³/mol. The minimum absolute atomic E-state index is 0.0612. The van der Waals surface area contributed by atoms with E-state index in [4.69, 9.17) is 16.3 Å². The summed E-state index contributed by atoms with van der Waals surface area (Å²) < 4.78 is 32.3. The lowest BCUT2D eigenvalue weighted by atomic mass is 10.2. The lowest BCUT2D eigenvalue weighted by Crippen LogP contribution is -2.23. The molecule has 0 atom stereocenters. The van der Waals surface area contributed by atoms with Crippen molar-refractivity contribution in [3.63, 3.8) is 0 Å². The molecule has 0 N–H and O–H groups in total. The number of sulfone groups is 1. The van der Waals surface area contributed by atoms with Crippen molar-refractivity contribution < 1.29 is 22.7 Å². The Kier molecular flexibility index (Phi) is 6.98. The number of carbonyl (C=O) groups excluding carboxylic acids is 2. The van der Waals surface area contributed by atoms with E-state index in [2.05, 4.69) is 4.99 Å². The van der Waals surface area contributed by atoms with Gasteiger partial charge in [0.1, 0.15) is 6.54 Å². The maximum atomic E-state index is 12.9. The summed E-state index contributed by atoms with van der Waals surface area (Å²) in [5.74, 6) is -1.08. The highest BCUT2D eigenvalue weighted by Gasteiger charge is 2.20. The molecule has 164 valence electrons. The summed E-state index contributed by atoms with van der Waals surface area (Å²) in [6, 6.07) is 10.9. The van der Waals surface area contributed by atoms with Crippen molar-refractivity contribution >= 4 is 54.9 Å². The third-order valence-electron chi connectivity index (χ3n) is 4.46. The summed E-state index contributed by atoms with van der Waals surface area (Å²) in [4.78, 5) is 29.5. The van der Waals surface area contributed by atoms with Gasteiger partial charge in [-0.05, 0) is 57.2 Å². The highest BCUT2D eigenvalue weighted by Crippen LogP contribution is 2.22. The number of ether oxygens (including phenoxy) is 1. The lowest BCUT2D eigenvalue weighted by Gasteiger charge is -2.08. The van der Waals surface area contributed by atoms with E-state index < -0.39 is 27.0 Å². The maximum Gasteiger partial charge on any atom is 0.326 e. The minimum atomic E-state index is -3.53. The number of rotatable bonds is 6. The highest BCUT2D eigenvalue weighted by molar-refractivity contribution is 7.92. The first kappa shape index (κ1) is 23.2. The van der Waals surface area contributed by atoms with E-state index in [1.54, 1.807) is 43.5 Å². The molecule has 3 aromatic rings. The summed E-state index contributed by atoms with van der Waals surface area (Å²) in [5, 5.41) is -0.102. The first-order valence-electron chi connectivity index (χ1n) is 9.51. The molecule has 0 spiro atoms. The number of fused-ring (bicyclic) bond motifs is 1. The van der Waals surface area contributed by atoms with Gasteiger partial charge in [0.25, 0.3) is 5.91 Å². The highest BCUT2D eigenvalue weighted by atomic mass is 35.5. The van der Waals surface area contributed by atoms with Gasteiger partial charge in [-0.25, -0.2) is 8.42 Å². The predicted octanol–water partition coefficient (Wildman–Crippen LogP) is 3.84. The fourth-order valence-electron chi connectivity index (χ4n) is 2.85. The van der Waals surface area contributed by atoms with Crippen LogP contribution in [0.15, 0.2) is 52.4 Å². The summed E-state index contributed by atoms with van der Waals surface area (Å²) in [6.07, 6.45) is 0. The number of esters is 1. The number of benzene rings is 2. The summed E-state index contributed by atoms with van der Waals surface area (Å²) >= 11 is 7.28. The van der Waals surface area contributed by atoms with Gasteiger partial charge in [-0.15, -0.1) is 0 Å². The van der Waals surface area contributed by atoms with Crippen molar-refractivity contribution in [2.45, 2.75) is 37.5 Å². The van der Waals surface area contributed by atoms with Gasteiger partial charge in [0.15, 0.2) is 14.6 Å². The number of nitrogens with zero attached hydrogens (tertiary/aromatic N) is 2. The van der Waals surface area contributed by atoms with Crippen molar-refractivity contribution in [2.75, 3.05) is 6.61 Å². The van der Waals surface area contributed by atoms with Crippen molar-refractivity contribution in [3.8, 4) is 0 Å². The molecule has 31 heavy (non-hydrogen) atoms. The second-order valence-electron chi connectivity index (χ2n) is 6.93. The summed E-state index contributed by atoms with van der Waals surface area (Å²) in [5.41, 5.74) is 0.824. The monoisotopic (exact) mass is 480 g/mol. The number of amides is 1. The van der Waals surface area contributed by atoms with E-state index in [1.807, 2.05) is 0 Å². The van der Waals surface area contributed by atoms with Gasteiger partial charge in [-0.1, -0.05) is 29.0 Å². The smallest absolute Gasteiger partial charge is 0.326 e. The number of hydrogen-bond donors (Lipinski definition) is 0. The third kappa shape index (κ3) is 5.06. The topological polar surface area (TPSA) is 94.8 Å². The van der Waals surface area contributed by atoms with Gasteiger partial charge in [0.05, 0.1) is 27.0 Å².